The molecule has 2 aromatic rings. The van der Waals surface area contributed by atoms with Crippen LogP contribution < -0.4 is 5.73 Å². The second-order valence-corrected chi connectivity index (χ2v) is 4.96. The highest BCUT2D eigenvalue weighted by Gasteiger charge is 2.09. The molecule has 2 rings (SSSR count). The fourth-order valence-electron chi connectivity index (χ4n) is 1.79. The van der Waals surface area contributed by atoms with Crippen LogP contribution in [0.2, 0.25) is 10.0 Å². The van der Waals surface area contributed by atoms with Crippen molar-refractivity contribution in [1.82, 2.24) is 0 Å². The second kappa shape index (κ2) is 5.27. The highest BCUT2D eigenvalue weighted by molar-refractivity contribution is 6.34. The van der Waals surface area contributed by atoms with Gasteiger partial charge >= 0.3 is 0 Å². The summed E-state index contributed by atoms with van der Waals surface area (Å²) >= 11 is 12.2. The third-order valence-electron chi connectivity index (χ3n) is 2.73. The van der Waals surface area contributed by atoms with E-state index < -0.39 is 0 Å². The first kappa shape index (κ1) is 13.3. The van der Waals surface area contributed by atoms with E-state index in [0.717, 1.165) is 16.7 Å². The quantitative estimate of drug-likeness (QED) is 0.840. The number of benzene rings is 2. The number of halogens is 3. The lowest BCUT2D eigenvalue weighted by atomic mass is 10.0. The van der Waals surface area contributed by atoms with Crippen molar-refractivity contribution < 1.29 is 4.39 Å². The maximum Gasteiger partial charge on any atom is 0.124 e. The number of hydrogen-bond donors (Lipinski definition) is 1. The Balaban J connectivity index is 2.49. The summed E-state index contributed by atoms with van der Waals surface area (Å²) in [5.74, 6) is -0.359. The minimum Gasteiger partial charge on any atom is -0.324 e. The Hall–Kier alpha value is -1.09. The summed E-state index contributed by atoms with van der Waals surface area (Å²) < 4.78 is 13.0. The van der Waals surface area contributed by atoms with Crippen molar-refractivity contribution in [3.63, 3.8) is 0 Å². The van der Waals surface area contributed by atoms with E-state index in [0.29, 0.717) is 10.0 Å². The fourth-order valence-corrected chi connectivity index (χ4v) is 2.42. The molecule has 0 aliphatic heterocycles. The SMILES string of the molecule is CC(N)c1ccc(-c2ccc(F)cc2Cl)cc1Cl. The van der Waals surface area contributed by atoms with Crippen molar-refractivity contribution in [2.24, 2.45) is 5.73 Å². The molecule has 0 aliphatic rings. The smallest absolute Gasteiger partial charge is 0.124 e. The second-order valence-electron chi connectivity index (χ2n) is 4.15. The molecule has 0 saturated carbocycles. The first-order chi connectivity index (χ1) is 8.49. The van der Waals surface area contributed by atoms with Gasteiger partial charge in [0.1, 0.15) is 5.82 Å². The molecule has 0 spiro atoms. The molecule has 0 saturated heterocycles. The first-order valence-corrected chi connectivity index (χ1v) is 6.25. The zero-order valence-electron chi connectivity index (χ0n) is 9.75. The van der Waals surface area contributed by atoms with Gasteiger partial charge in [-0.3, -0.25) is 0 Å². The van der Waals surface area contributed by atoms with Crippen LogP contribution in [0.25, 0.3) is 11.1 Å². The summed E-state index contributed by atoms with van der Waals surface area (Å²) in [6.07, 6.45) is 0. The average molecular weight is 284 g/mol. The lowest BCUT2D eigenvalue weighted by Crippen LogP contribution is -2.05. The number of hydrogen-bond acceptors (Lipinski definition) is 1. The Labute approximate surface area is 115 Å². The Bertz CT molecular complexity index is 582. The minimum absolute atomic E-state index is 0.129. The predicted molar refractivity (Wildman–Crippen MR) is 74.5 cm³/mol. The summed E-state index contributed by atoms with van der Waals surface area (Å²) in [7, 11) is 0. The van der Waals surface area contributed by atoms with Crippen molar-refractivity contribution in [3.05, 3.63) is 57.8 Å². The Morgan fingerprint density at radius 1 is 1.06 bits per heavy atom. The van der Waals surface area contributed by atoms with Gasteiger partial charge in [-0.2, -0.15) is 0 Å². The molecule has 1 atom stereocenters. The molecule has 0 fully saturated rings. The summed E-state index contributed by atoms with van der Waals surface area (Å²) in [4.78, 5) is 0. The van der Waals surface area contributed by atoms with Crippen LogP contribution >= 0.6 is 23.2 Å². The van der Waals surface area contributed by atoms with E-state index in [1.54, 1.807) is 12.1 Å². The van der Waals surface area contributed by atoms with Crippen LogP contribution in [0, 0.1) is 5.82 Å². The van der Waals surface area contributed by atoms with Gasteiger partial charge in [-0.1, -0.05) is 35.3 Å². The molecule has 0 aromatic heterocycles. The van der Waals surface area contributed by atoms with Crippen molar-refractivity contribution >= 4 is 23.2 Å². The van der Waals surface area contributed by atoms with Gasteiger partial charge in [0.2, 0.25) is 0 Å². The van der Waals surface area contributed by atoms with Crippen LogP contribution in [0.4, 0.5) is 4.39 Å². The van der Waals surface area contributed by atoms with Crippen molar-refractivity contribution in [2.45, 2.75) is 13.0 Å². The summed E-state index contributed by atoms with van der Waals surface area (Å²) in [5.41, 5.74) is 8.26. The fraction of sp³-hybridized carbons (Fsp3) is 0.143. The van der Waals surface area contributed by atoms with E-state index in [2.05, 4.69) is 0 Å². The van der Waals surface area contributed by atoms with Crippen LogP contribution in [-0.4, -0.2) is 0 Å². The zero-order valence-corrected chi connectivity index (χ0v) is 11.3. The maximum atomic E-state index is 13.0. The van der Waals surface area contributed by atoms with Crippen LogP contribution in [0.15, 0.2) is 36.4 Å². The maximum absolute atomic E-state index is 13.0. The molecule has 0 heterocycles. The third kappa shape index (κ3) is 2.66. The molecule has 18 heavy (non-hydrogen) atoms. The molecule has 0 bridgehead atoms. The standard InChI is InChI=1S/C14H12Cl2FN/c1-8(18)11-4-2-9(6-13(11)15)12-5-3-10(17)7-14(12)16/h2-8H,18H2,1H3. The lowest BCUT2D eigenvalue weighted by Gasteiger charge is -2.11. The zero-order chi connectivity index (χ0) is 13.3. The molecule has 4 heteroatoms. The Morgan fingerprint density at radius 2 is 1.78 bits per heavy atom. The van der Waals surface area contributed by atoms with E-state index in [9.17, 15) is 4.39 Å². The van der Waals surface area contributed by atoms with Crippen molar-refractivity contribution in [2.75, 3.05) is 0 Å². The van der Waals surface area contributed by atoms with Gasteiger partial charge in [0, 0.05) is 16.6 Å². The average Bonchev–Trinajstić information content (AvgIpc) is 2.28. The predicted octanol–water partition coefficient (Wildman–Crippen LogP) is 4.82. The third-order valence-corrected chi connectivity index (χ3v) is 3.37. The largest absolute Gasteiger partial charge is 0.324 e. The summed E-state index contributed by atoms with van der Waals surface area (Å²) in [6.45, 7) is 1.87. The molecular weight excluding hydrogens is 272 g/mol. The molecule has 1 nitrogen and oxygen atoms in total. The summed E-state index contributed by atoms with van der Waals surface area (Å²) in [5, 5.41) is 0.947. The van der Waals surface area contributed by atoms with Gasteiger partial charge < -0.3 is 5.73 Å². The van der Waals surface area contributed by atoms with E-state index in [-0.39, 0.29) is 11.9 Å². The summed E-state index contributed by atoms with van der Waals surface area (Å²) in [6, 6.07) is 9.69. The minimum atomic E-state index is -0.359. The number of rotatable bonds is 2. The molecule has 0 aliphatic carbocycles. The molecule has 0 radical (unpaired) electrons. The van der Waals surface area contributed by atoms with Crippen LogP contribution in [0.5, 0.6) is 0 Å². The molecule has 94 valence electrons. The van der Waals surface area contributed by atoms with E-state index in [1.807, 2.05) is 19.1 Å². The topological polar surface area (TPSA) is 26.0 Å². The van der Waals surface area contributed by atoms with Gasteiger partial charge in [0.25, 0.3) is 0 Å². The number of nitrogens with two attached hydrogens (primary N) is 1. The van der Waals surface area contributed by atoms with Gasteiger partial charge in [-0.05, 0) is 42.3 Å². The molecule has 2 N–H and O–H groups in total. The van der Waals surface area contributed by atoms with Crippen LogP contribution in [0.3, 0.4) is 0 Å². The van der Waals surface area contributed by atoms with Gasteiger partial charge in [0.15, 0.2) is 0 Å². The van der Waals surface area contributed by atoms with Gasteiger partial charge in [-0.25, -0.2) is 4.39 Å². The van der Waals surface area contributed by atoms with Crippen molar-refractivity contribution in [3.8, 4) is 11.1 Å². The van der Waals surface area contributed by atoms with E-state index >= 15 is 0 Å². The van der Waals surface area contributed by atoms with Crippen molar-refractivity contribution in [1.29, 1.82) is 0 Å². The molecule has 0 amide bonds. The Morgan fingerprint density at radius 3 is 2.33 bits per heavy atom. The monoisotopic (exact) mass is 283 g/mol. The van der Waals surface area contributed by atoms with E-state index in [4.69, 9.17) is 28.9 Å². The first-order valence-electron chi connectivity index (χ1n) is 5.49. The van der Waals surface area contributed by atoms with E-state index in [1.165, 1.54) is 12.1 Å². The van der Waals surface area contributed by atoms with Crippen LogP contribution in [0.1, 0.15) is 18.5 Å². The van der Waals surface area contributed by atoms with Gasteiger partial charge in [-0.15, -0.1) is 0 Å². The van der Waals surface area contributed by atoms with Crippen LogP contribution in [-0.2, 0) is 0 Å². The van der Waals surface area contributed by atoms with Gasteiger partial charge in [0.05, 0.1) is 5.02 Å². The molecule has 2 aromatic carbocycles. The molecular formula is C14H12Cl2FN. The highest BCUT2D eigenvalue weighted by Crippen LogP contribution is 2.32. The lowest BCUT2D eigenvalue weighted by molar-refractivity contribution is 0.628. The molecule has 1 unspecified atom stereocenters. The highest BCUT2D eigenvalue weighted by atomic mass is 35.5. The normalized spacial score (nSPS) is 12.5. The Kier molecular flexibility index (Phi) is 3.91.